The van der Waals surface area contributed by atoms with Crippen LogP contribution in [-0.4, -0.2) is 33.3 Å². The molecule has 0 radical (unpaired) electrons. The van der Waals surface area contributed by atoms with Crippen LogP contribution in [0.4, 0.5) is 5.69 Å². The van der Waals surface area contributed by atoms with Gasteiger partial charge in [-0.25, -0.2) is 14.8 Å². The summed E-state index contributed by atoms with van der Waals surface area (Å²) in [5, 5.41) is 11.0. The van der Waals surface area contributed by atoms with E-state index < -0.39 is 23.3 Å². The summed E-state index contributed by atoms with van der Waals surface area (Å²) in [4.78, 5) is 43.7. The van der Waals surface area contributed by atoms with Gasteiger partial charge in [0.15, 0.2) is 6.61 Å². The average molecular weight is 379 g/mol. The maximum atomic E-state index is 12.3. The number of aryl methyl sites for hydroxylation is 3. The fourth-order valence-corrected chi connectivity index (χ4v) is 2.63. The molecule has 0 fully saturated rings. The predicted molar refractivity (Wildman–Crippen MR) is 101 cm³/mol. The highest BCUT2D eigenvalue weighted by molar-refractivity contribution is 6.00. The van der Waals surface area contributed by atoms with Crippen molar-refractivity contribution in [3.8, 4) is 0 Å². The van der Waals surface area contributed by atoms with Crippen LogP contribution in [0.5, 0.6) is 0 Å². The number of hydrogen-bond donors (Lipinski definition) is 0. The Kier molecular flexibility index (Phi) is 5.12. The van der Waals surface area contributed by atoms with E-state index in [4.69, 9.17) is 4.74 Å². The lowest BCUT2D eigenvalue weighted by molar-refractivity contribution is -0.385. The first-order valence-corrected chi connectivity index (χ1v) is 8.46. The zero-order valence-electron chi connectivity index (χ0n) is 15.6. The van der Waals surface area contributed by atoms with Crippen molar-refractivity contribution >= 4 is 28.5 Å². The Bertz CT molecular complexity index is 1120. The minimum atomic E-state index is -0.683. The molecule has 28 heavy (non-hydrogen) atoms. The summed E-state index contributed by atoms with van der Waals surface area (Å²) in [6, 6.07) is 8.90. The van der Waals surface area contributed by atoms with Crippen molar-refractivity contribution < 1.29 is 19.2 Å². The SMILES string of the molecule is Cc1ccc(C(=O)COC(=O)c2ccc3nc(C)c(C)nc3c2)cc1[N+](=O)[O-]. The van der Waals surface area contributed by atoms with Crippen LogP contribution in [0.1, 0.15) is 37.7 Å². The van der Waals surface area contributed by atoms with Gasteiger partial charge in [0.05, 0.1) is 32.9 Å². The van der Waals surface area contributed by atoms with Crippen LogP contribution in [0, 0.1) is 30.9 Å². The summed E-state index contributed by atoms with van der Waals surface area (Å²) in [5.41, 5.74) is 3.42. The van der Waals surface area contributed by atoms with Crippen molar-refractivity contribution in [2.75, 3.05) is 6.61 Å². The number of hydrogen-bond acceptors (Lipinski definition) is 7. The maximum Gasteiger partial charge on any atom is 0.338 e. The van der Waals surface area contributed by atoms with Gasteiger partial charge in [0.1, 0.15) is 0 Å². The lowest BCUT2D eigenvalue weighted by atomic mass is 10.1. The van der Waals surface area contributed by atoms with E-state index in [9.17, 15) is 19.7 Å². The van der Waals surface area contributed by atoms with Crippen molar-refractivity contribution in [1.29, 1.82) is 0 Å². The molecule has 8 heteroatoms. The number of ether oxygens (including phenoxy) is 1. The highest BCUT2D eigenvalue weighted by Crippen LogP contribution is 2.20. The Balaban J connectivity index is 1.74. The molecule has 0 unspecified atom stereocenters. The van der Waals surface area contributed by atoms with E-state index in [1.165, 1.54) is 18.2 Å². The van der Waals surface area contributed by atoms with Gasteiger partial charge in [-0.05, 0) is 39.0 Å². The molecule has 8 nitrogen and oxygen atoms in total. The van der Waals surface area contributed by atoms with Gasteiger partial charge < -0.3 is 4.74 Å². The number of ketones is 1. The van der Waals surface area contributed by atoms with Gasteiger partial charge in [0, 0.05) is 17.2 Å². The Hall–Kier alpha value is -3.68. The van der Waals surface area contributed by atoms with Crippen molar-refractivity contribution in [3.05, 3.63) is 74.6 Å². The van der Waals surface area contributed by atoms with Crippen LogP contribution in [-0.2, 0) is 4.74 Å². The topological polar surface area (TPSA) is 112 Å². The zero-order chi connectivity index (χ0) is 20.4. The maximum absolute atomic E-state index is 12.3. The molecule has 0 saturated carbocycles. The third-order valence-electron chi connectivity index (χ3n) is 4.37. The number of fused-ring (bicyclic) bond motifs is 1. The quantitative estimate of drug-likeness (QED) is 0.288. The van der Waals surface area contributed by atoms with Crippen LogP contribution in [0.25, 0.3) is 11.0 Å². The van der Waals surface area contributed by atoms with Gasteiger partial charge in [-0.15, -0.1) is 0 Å². The fraction of sp³-hybridized carbons (Fsp3) is 0.200. The van der Waals surface area contributed by atoms with Crippen LogP contribution >= 0.6 is 0 Å². The molecule has 142 valence electrons. The molecule has 1 heterocycles. The van der Waals surface area contributed by atoms with Crippen molar-refractivity contribution in [1.82, 2.24) is 9.97 Å². The van der Waals surface area contributed by atoms with Crippen LogP contribution in [0.2, 0.25) is 0 Å². The minimum absolute atomic E-state index is 0.112. The second-order valence-electron chi connectivity index (χ2n) is 6.36. The summed E-state index contributed by atoms with van der Waals surface area (Å²) in [6.07, 6.45) is 0. The Morgan fingerprint density at radius 1 is 0.964 bits per heavy atom. The molecule has 3 aromatic rings. The monoisotopic (exact) mass is 379 g/mol. The number of Topliss-reactive ketones (excluding diaryl/α,β-unsaturated/α-hetero) is 1. The summed E-state index contributed by atoms with van der Waals surface area (Å²) in [6.45, 7) is 4.74. The second kappa shape index (κ2) is 7.51. The van der Waals surface area contributed by atoms with E-state index in [1.54, 1.807) is 25.1 Å². The molecule has 2 aromatic carbocycles. The number of carbonyl (C=O) groups excluding carboxylic acids is 2. The second-order valence-corrected chi connectivity index (χ2v) is 6.36. The fourth-order valence-electron chi connectivity index (χ4n) is 2.63. The largest absolute Gasteiger partial charge is 0.454 e. The molecule has 1 aromatic heterocycles. The number of nitro benzene ring substituents is 1. The van der Waals surface area contributed by atoms with Crippen molar-refractivity contribution in [3.63, 3.8) is 0 Å². The van der Waals surface area contributed by atoms with Crippen LogP contribution in [0.15, 0.2) is 36.4 Å². The molecule has 0 aliphatic heterocycles. The van der Waals surface area contributed by atoms with Gasteiger partial charge in [-0.2, -0.15) is 0 Å². The Morgan fingerprint density at radius 3 is 2.29 bits per heavy atom. The van der Waals surface area contributed by atoms with E-state index >= 15 is 0 Å². The zero-order valence-corrected chi connectivity index (χ0v) is 15.6. The number of esters is 1. The Labute approximate surface area is 160 Å². The molecule has 0 atom stereocenters. The number of nitro groups is 1. The summed E-state index contributed by atoms with van der Waals surface area (Å²) < 4.78 is 5.07. The van der Waals surface area contributed by atoms with E-state index in [0.29, 0.717) is 16.6 Å². The Morgan fingerprint density at radius 2 is 1.61 bits per heavy atom. The highest BCUT2D eigenvalue weighted by atomic mass is 16.6. The molecule has 0 bridgehead atoms. The highest BCUT2D eigenvalue weighted by Gasteiger charge is 2.17. The van der Waals surface area contributed by atoms with Gasteiger partial charge in [-0.3, -0.25) is 14.9 Å². The summed E-state index contributed by atoms with van der Waals surface area (Å²) in [7, 11) is 0. The molecule has 0 amide bonds. The number of aromatic nitrogens is 2. The molecule has 3 rings (SSSR count). The summed E-state index contributed by atoms with van der Waals surface area (Å²) >= 11 is 0. The standard InChI is InChI=1S/C20H17N3O5/c1-11-4-5-14(9-18(11)23(26)27)19(24)10-28-20(25)15-6-7-16-17(8-15)22-13(3)12(2)21-16/h4-9H,10H2,1-3H3. The third-order valence-corrected chi connectivity index (χ3v) is 4.37. The van der Waals surface area contributed by atoms with Gasteiger partial charge in [0.2, 0.25) is 5.78 Å². The van der Waals surface area contributed by atoms with Crippen LogP contribution < -0.4 is 0 Å². The molecule has 0 aliphatic rings. The molecule has 0 saturated heterocycles. The molecular formula is C20H17N3O5. The average Bonchev–Trinajstić information content (AvgIpc) is 2.66. The first kappa shape index (κ1) is 19.1. The lowest BCUT2D eigenvalue weighted by Gasteiger charge is -2.07. The van der Waals surface area contributed by atoms with Crippen molar-refractivity contribution in [2.24, 2.45) is 0 Å². The molecule has 0 spiro atoms. The number of rotatable bonds is 5. The van der Waals surface area contributed by atoms with E-state index in [0.717, 1.165) is 11.4 Å². The minimum Gasteiger partial charge on any atom is -0.454 e. The summed E-state index contributed by atoms with van der Waals surface area (Å²) in [5.74, 6) is -1.21. The predicted octanol–water partition coefficient (Wildman–Crippen LogP) is 3.50. The molecular weight excluding hydrogens is 362 g/mol. The first-order chi connectivity index (χ1) is 13.3. The van der Waals surface area contributed by atoms with E-state index in [-0.39, 0.29) is 16.8 Å². The van der Waals surface area contributed by atoms with Gasteiger partial charge in [0.25, 0.3) is 5.69 Å². The lowest BCUT2D eigenvalue weighted by Crippen LogP contribution is -2.14. The van der Waals surface area contributed by atoms with E-state index in [1.807, 2.05) is 13.8 Å². The van der Waals surface area contributed by atoms with Crippen molar-refractivity contribution in [2.45, 2.75) is 20.8 Å². The van der Waals surface area contributed by atoms with Gasteiger partial charge in [-0.1, -0.05) is 12.1 Å². The molecule has 0 aliphatic carbocycles. The number of nitrogens with zero attached hydrogens (tertiary/aromatic N) is 3. The smallest absolute Gasteiger partial charge is 0.338 e. The van der Waals surface area contributed by atoms with E-state index in [2.05, 4.69) is 9.97 Å². The molecule has 0 N–H and O–H groups in total. The van der Waals surface area contributed by atoms with Crippen LogP contribution in [0.3, 0.4) is 0 Å². The normalized spacial score (nSPS) is 10.7. The number of benzene rings is 2. The third kappa shape index (κ3) is 3.85. The first-order valence-electron chi connectivity index (χ1n) is 8.46. The van der Waals surface area contributed by atoms with Gasteiger partial charge >= 0.3 is 5.97 Å². The number of carbonyl (C=O) groups is 2.